The van der Waals surface area contributed by atoms with Crippen molar-refractivity contribution in [3.05, 3.63) is 30.1 Å². The maximum atomic E-state index is 13.4. The molecule has 0 saturated carbocycles. The van der Waals surface area contributed by atoms with Crippen molar-refractivity contribution in [3.8, 4) is 0 Å². The molecule has 1 atom stereocenters. The second-order valence-corrected chi connectivity index (χ2v) is 6.03. The number of likely N-dealkylation sites (tertiary alicyclic amines) is 1. The maximum Gasteiger partial charge on any atom is 0.125 e. The van der Waals surface area contributed by atoms with Crippen LogP contribution in [0.5, 0.6) is 0 Å². The van der Waals surface area contributed by atoms with E-state index >= 15 is 0 Å². The number of rotatable bonds is 7. The van der Waals surface area contributed by atoms with E-state index in [0.717, 1.165) is 31.6 Å². The molecule has 1 fully saturated rings. The van der Waals surface area contributed by atoms with Crippen LogP contribution in [0, 0.1) is 5.82 Å². The molecule has 0 amide bonds. The lowest BCUT2D eigenvalue weighted by atomic mass is 10.00. The van der Waals surface area contributed by atoms with Gasteiger partial charge in [-0.15, -0.1) is 0 Å². The molecule has 1 aliphatic heterocycles. The molecule has 21 heavy (non-hydrogen) atoms. The van der Waals surface area contributed by atoms with E-state index in [0.29, 0.717) is 12.6 Å². The van der Waals surface area contributed by atoms with E-state index in [2.05, 4.69) is 16.8 Å². The third kappa shape index (κ3) is 4.97. The summed E-state index contributed by atoms with van der Waals surface area (Å²) < 4.78 is 13.4. The molecule has 1 unspecified atom stereocenters. The Balaban J connectivity index is 1.95. The van der Waals surface area contributed by atoms with Gasteiger partial charge in [-0.1, -0.05) is 12.5 Å². The molecular weight excluding hydrogens is 265 g/mol. The van der Waals surface area contributed by atoms with Crippen molar-refractivity contribution in [1.82, 2.24) is 4.90 Å². The minimum absolute atomic E-state index is 0.167. The number of nitrogens with two attached hydrogens (primary N) is 1. The van der Waals surface area contributed by atoms with E-state index in [-0.39, 0.29) is 5.82 Å². The third-order valence-electron chi connectivity index (χ3n) is 4.46. The van der Waals surface area contributed by atoms with E-state index in [1.54, 1.807) is 12.1 Å². The molecule has 1 heterocycles. The van der Waals surface area contributed by atoms with E-state index < -0.39 is 0 Å². The van der Waals surface area contributed by atoms with Crippen LogP contribution in [0.3, 0.4) is 0 Å². The Morgan fingerprint density at radius 2 is 2.19 bits per heavy atom. The van der Waals surface area contributed by atoms with Crippen molar-refractivity contribution in [3.63, 3.8) is 0 Å². The molecule has 1 aromatic rings. The van der Waals surface area contributed by atoms with Gasteiger partial charge in [0, 0.05) is 24.8 Å². The molecule has 4 heteroatoms. The average molecular weight is 293 g/mol. The van der Waals surface area contributed by atoms with Gasteiger partial charge in [-0.3, -0.25) is 0 Å². The second-order valence-electron chi connectivity index (χ2n) is 6.03. The van der Waals surface area contributed by atoms with Crippen LogP contribution in [0.25, 0.3) is 0 Å². The number of benzene rings is 1. The van der Waals surface area contributed by atoms with Crippen LogP contribution >= 0.6 is 0 Å². The lowest BCUT2D eigenvalue weighted by Gasteiger charge is -2.34. The minimum Gasteiger partial charge on any atom is -0.371 e. The van der Waals surface area contributed by atoms with Crippen molar-refractivity contribution in [2.75, 3.05) is 38.1 Å². The average Bonchev–Trinajstić information content (AvgIpc) is 2.49. The van der Waals surface area contributed by atoms with Crippen LogP contribution in [-0.4, -0.2) is 44.2 Å². The molecule has 2 N–H and O–H groups in total. The number of hydrogen-bond donors (Lipinski definition) is 1. The third-order valence-corrected chi connectivity index (χ3v) is 4.46. The normalized spacial score (nSPS) is 19.7. The summed E-state index contributed by atoms with van der Waals surface area (Å²) in [6.45, 7) is 3.75. The summed E-state index contributed by atoms with van der Waals surface area (Å²) in [4.78, 5) is 4.74. The van der Waals surface area contributed by atoms with Crippen molar-refractivity contribution < 1.29 is 4.39 Å². The fraction of sp³-hybridized carbons (Fsp3) is 0.647. The Labute approximate surface area is 127 Å². The highest BCUT2D eigenvalue weighted by atomic mass is 19.1. The van der Waals surface area contributed by atoms with Gasteiger partial charge in [-0.05, 0) is 64.0 Å². The zero-order valence-electron chi connectivity index (χ0n) is 13.1. The predicted molar refractivity (Wildman–Crippen MR) is 87.2 cm³/mol. The van der Waals surface area contributed by atoms with Crippen LogP contribution in [0.4, 0.5) is 10.1 Å². The molecule has 0 spiro atoms. The summed E-state index contributed by atoms with van der Waals surface area (Å²) in [6, 6.07) is 7.56. The first-order valence-corrected chi connectivity index (χ1v) is 8.11. The zero-order valence-corrected chi connectivity index (χ0v) is 13.1. The number of piperidine rings is 1. The SMILES string of the molecule is CN1CCCCC1CCN(CCCN)c1cccc(F)c1. The molecule has 0 aromatic heterocycles. The molecule has 1 saturated heterocycles. The minimum atomic E-state index is -0.167. The number of anilines is 1. The lowest BCUT2D eigenvalue weighted by molar-refractivity contribution is 0.177. The van der Waals surface area contributed by atoms with Crippen LogP contribution < -0.4 is 10.6 Å². The summed E-state index contributed by atoms with van der Waals surface area (Å²) in [6.07, 6.45) is 6.00. The first-order valence-electron chi connectivity index (χ1n) is 8.11. The van der Waals surface area contributed by atoms with E-state index in [4.69, 9.17) is 5.73 Å². The predicted octanol–water partition coefficient (Wildman–Crippen LogP) is 2.86. The molecular formula is C17H28FN3. The Bertz CT molecular complexity index is 424. The molecule has 0 bridgehead atoms. The zero-order chi connectivity index (χ0) is 15.1. The van der Waals surface area contributed by atoms with Gasteiger partial charge in [-0.25, -0.2) is 4.39 Å². The maximum absolute atomic E-state index is 13.4. The summed E-state index contributed by atoms with van der Waals surface area (Å²) in [7, 11) is 2.22. The highest BCUT2D eigenvalue weighted by molar-refractivity contribution is 5.46. The van der Waals surface area contributed by atoms with Crippen LogP contribution in [0.15, 0.2) is 24.3 Å². The van der Waals surface area contributed by atoms with Crippen molar-refractivity contribution in [2.45, 2.75) is 38.1 Å². The quantitative estimate of drug-likeness (QED) is 0.839. The Kier molecular flexibility index (Phi) is 6.46. The standard InChI is InChI=1S/C17H28FN3/c1-20-11-3-2-7-16(20)9-13-21(12-5-10-19)17-8-4-6-15(18)14-17/h4,6,8,14,16H,2-3,5,7,9-13,19H2,1H3. The highest BCUT2D eigenvalue weighted by Gasteiger charge is 2.19. The molecule has 118 valence electrons. The summed E-state index contributed by atoms with van der Waals surface area (Å²) in [5.74, 6) is -0.167. The monoisotopic (exact) mass is 293 g/mol. The van der Waals surface area contributed by atoms with Gasteiger partial charge in [0.25, 0.3) is 0 Å². The first kappa shape index (κ1) is 16.2. The molecule has 1 aliphatic rings. The van der Waals surface area contributed by atoms with Gasteiger partial charge < -0.3 is 15.5 Å². The molecule has 0 aliphatic carbocycles. The summed E-state index contributed by atoms with van der Waals surface area (Å²) in [5, 5.41) is 0. The summed E-state index contributed by atoms with van der Waals surface area (Å²) >= 11 is 0. The number of hydrogen-bond acceptors (Lipinski definition) is 3. The molecule has 3 nitrogen and oxygen atoms in total. The van der Waals surface area contributed by atoms with Gasteiger partial charge in [-0.2, -0.15) is 0 Å². The molecule has 2 rings (SSSR count). The van der Waals surface area contributed by atoms with Crippen LogP contribution in [0.2, 0.25) is 0 Å². The fourth-order valence-electron chi connectivity index (χ4n) is 3.14. The molecule has 1 aromatic carbocycles. The van der Waals surface area contributed by atoms with Crippen molar-refractivity contribution >= 4 is 5.69 Å². The highest BCUT2D eigenvalue weighted by Crippen LogP contribution is 2.21. The molecule has 0 radical (unpaired) electrons. The van der Waals surface area contributed by atoms with Gasteiger partial charge >= 0.3 is 0 Å². The van der Waals surface area contributed by atoms with Crippen molar-refractivity contribution in [2.24, 2.45) is 5.73 Å². The Morgan fingerprint density at radius 1 is 1.33 bits per heavy atom. The Hall–Kier alpha value is -1.13. The van der Waals surface area contributed by atoms with Gasteiger partial charge in [0.1, 0.15) is 5.82 Å². The summed E-state index contributed by atoms with van der Waals surface area (Å²) in [5.41, 5.74) is 6.61. The Morgan fingerprint density at radius 3 is 2.90 bits per heavy atom. The van der Waals surface area contributed by atoms with E-state index in [1.165, 1.54) is 31.9 Å². The van der Waals surface area contributed by atoms with Crippen LogP contribution in [0.1, 0.15) is 32.1 Å². The first-order chi connectivity index (χ1) is 10.2. The smallest absolute Gasteiger partial charge is 0.125 e. The van der Waals surface area contributed by atoms with Gasteiger partial charge in [0.2, 0.25) is 0 Å². The van der Waals surface area contributed by atoms with Crippen LogP contribution in [-0.2, 0) is 0 Å². The topological polar surface area (TPSA) is 32.5 Å². The fourth-order valence-corrected chi connectivity index (χ4v) is 3.14. The van der Waals surface area contributed by atoms with E-state index in [9.17, 15) is 4.39 Å². The van der Waals surface area contributed by atoms with Gasteiger partial charge in [0.15, 0.2) is 0 Å². The second kappa shape index (κ2) is 8.35. The number of nitrogens with zero attached hydrogens (tertiary/aromatic N) is 2. The van der Waals surface area contributed by atoms with Crippen molar-refractivity contribution in [1.29, 1.82) is 0 Å². The largest absolute Gasteiger partial charge is 0.371 e. The number of halogens is 1. The van der Waals surface area contributed by atoms with Gasteiger partial charge in [0.05, 0.1) is 0 Å². The lowest BCUT2D eigenvalue weighted by Crippen LogP contribution is -2.39. The van der Waals surface area contributed by atoms with E-state index in [1.807, 2.05) is 6.07 Å².